The Morgan fingerprint density at radius 1 is 1.21 bits per heavy atom. The molecule has 1 unspecified atom stereocenters. The summed E-state index contributed by atoms with van der Waals surface area (Å²) in [6.45, 7) is 7.86. The molecule has 158 valence electrons. The van der Waals surface area contributed by atoms with Crippen LogP contribution in [0.15, 0.2) is 58.4 Å². The highest BCUT2D eigenvalue weighted by atomic mass is 32.2. The zero-order chi connectivity index (χ0) is 21.5. The van der Waals surface area contributed by atoms with Gasteiger partial charge < -0.3 is 14.8 Å². The highest BCUT2D eigenvalue weighted by Crippen LogP contribution is 2.31. The maximum Gasteiger partial charge on any atom is 0.185 e. The van der Waals surface area contributed by atoms with Gasteiger partial charge in [-0.25, -0.2) is 4.99 Å². The van der Waals surface area contributed by atoms with Crippen molar-refractivity contribution < 1.29 is 9.53 Å². The molecule has 0 bridgehead atoms. The van der Waals surface area contributed by atoms with Crippen LogP contribution >= 0.6 is 11.9 Å². The lowest BCUT2D eigenvalue weighted by Gasteiger charge is -2.16. The van der Waals surface area contributed by atoms with Crippen LogP contribution in [0.25, 0.3) is 0 Å². The maximum absolute atomic E-state index is 10.4. The van der Waals surface area contributed by atoms with E-state index in [1.54, 1.807) is 7.11 Å². The standard InChI is InChI=1S/C12H19NO.C9H8N2OS.C2H6/c1-13-10-12(8-9-14-2)11-6-4-3-5-7-11;1-6-2-3-7-8(4-6)13-11-9(5-12)10-7;1-2/h3-7,12-13H,8-10H2,1-2H3;2-5H,1H3,(H,10,11);1-2H3. The summed E-state index contributed by atoms with van der Waals surface area (Å²) in [6, 6.07) is 16.5. The number of amidine groups is 1. The van der Waals surface area contributed by atoms with E-state index in [2.05, 4.69) is 45.4 Å². The second-order valence-corrected chi connectivity index (χ2v) is 7.09. The van der Waals surface area contributed by atoms with Crippen molar-refractivity contribution in [1.82, 2.24) is 10.0 Å². The highest BCUT2D eigenvalue weighted by molar-refractivity contribution is 7.98. The molecular weight excluding hydrogens is 382 g/mol. The van der Waals surface area contributed by atoms with Gasteiger partial charge in [0.25, 0.3) is 0 Å². The van der Waals surface area contributed by atoms with Gasteiger partial charge in [0.15, 0.2) is 12.1 Å². The van der Waals surface area contributed by atoms with Crippen molar-refractivity contribution in [1.29, 1.82) is 0 Å². The molecule has 1 aliphatic heterocycles. The lowest BCUT2D eigenvalue weighted by Crippen LogP contribution is -2.19. The van der Waals surface area contributed by atoms with Gasteiger partial charge in [-0.05, 0) is 61.5 Å². The van der Waals surface area contributed by atoms with Crippen LogP contribution in [0, 0.1) is 6.92 Å². The van der Waals surface area contributed by atoms with Crippen molar-refractivity contribution in [2.45, 2.75) is 38.0 Å². The number of nitrogens with one attached hydrogen (secondary N) is 2. The molecule has 2 aromatic rings. The number of hydrogen-bond acceptors (Lipinski definition) is 6. The van der Waals surface area contributed by atoms with E-state index in [1.807, 2.05) is 46.0 Å². The Morgan fingerprint density at radius 2 is 1.93 bits per heavy atom. The molecule has 0 amide bonds. The zero-order valence-corrected chi connectivity index (χ0v) is 18.9. The summed E-state index contributed by atoms with van der Waals surface area (Å²) in [7, 11) is 3.74. The summed E-state index contributed by atoms with van der Waals surface area (Å²) in [6.07, 6.45) is 1.79. The van der Waals surface area contributed by atoms with Crippen LogP contribution < -0.4 is 10.0 Å². The van der Waals surface area contributed by atoms with Crippen LogP contribution in [0.2, 0.25) is 0 Å². The molecule has 6 heteroatoms. The first-order valence-electron chi connectivity index (χ1n) is 9.93. The number of fused-ring (bicyclic) bond motifs is 1. The number of methoxy groups -OCH3 is 1. The maximum atomic E-state index is 10.4. The van der Waals surface area contributed by atoms with Gasteiger partial charge >= 0.3 is 0 Å². The van der Waals surface area contributed by atoms with Crippen LogP contribution in [0.1, 0.15) is 37.3 Å². The van der Waals surface area contributed by atoms with Crippen LogP contribution in [0.3, 0.4) is 0 Å². The van der Waals surface area contributed by atoms with Gasteiger partial charge in [-0.2, -0.15) is 0 Å². The Balaban J connectivity index is 0.000000268. The first kappa shape index (κ1) is 24.9. The zero-order valence-electron chi connectivity index (χ0n) is 18.1. The average Bonchev–Trinajstić information content (AvgIpc) is 2.78. The fraction of sp³-hybridized carbons (Fsp3) is 0.391. The Kier molecular flexibility index (Phi) is 12.7. The van der Waals surface area contributed by atoms with Gasteiger partial charge in [-0.15, -0.1) is 0 Å². The number of benzene rings is 2. The molecule has 2 aromatic carbocycles. The van der Waals surface area contributed by atoms with Crippen molar-refractivity contribution in [3.8, 4) is 0 Å². The van der Waals surface area contributed by atoms with Crippen LogP contribution in [-0.2, 0) is 9.53 Å². The number of rotatable bonds is 7. The Morgan fingerprint density at radius 3 is 2.55 bits per heavy atom. The number of hydrogen-bond donors (Lipinski definition) is 2. The van der Waals surface area contributed by atoms with Gasteiger partial charge in [-0.3, -0.25) is 4.79 Å². The van der Waals surface area contributed by atoms with Crippen LogP contribution in [-0.4, -0.2) is 39.4 Å². The normalized spacial score (nSPS) is 12.7. The summed E-state index contributed by atoms with van der Waals surface area (Å²) in [5.41, 5.74) is 3.44. The molecule has 2 N–H and O–H groups in total. The largest absolute Gasteiger partial charge is 0.385 e. The quantitative estimate of drug-likeness (QED) is 0.498. The first-order chi connectivity index (χ1) is 14.2. The predicted octanol–water partition coefficient (Wildman–Crippen LogP) is 4.89. The van der Waals surface area contributed by atoms with Crippen LogP contribution in [0.5, 0.6) is 0 Å². The topological polar surface area (TPSA) is 62.7 Å². The van der Waals surface area contributed by atoms with Gasteiger partial charge in [-0.1, -0.05) is 50.2 Å². The van der Waals surface area contributed by atoms with E-state index >= 15 is 0 Å². The monoisotopic (exact) mass is 415 g/mol. The number of carbonyl (C=O) groups excluding carboxylic acids is 1. The van der Waals surface area contributed by atoms with Gasteiger partial charge in [0.05, 0.1) is 10.6 Å². The molecule has 0 radical (unpaired) electrons. The molecule has 1 atom stereocenters. The second kappa shape index (κ2) is 14.8. The summed E-state index contributed by atoms with van der Waals surface area (Å²) in [5, 5.41) is 3.22. The number of aldehydes is 1. The number of aryl methyl sites for hydroxylation is 1. The van der Waals surface area contributed by atoms with E-state index in [-0.39, 0.29) is 0 Å². The summed E-state index contributed by atoms with van der Waals surface area (Å²) in [5.74, 6) is 0.933. The average molecular weight is 416 g/mol. The third kappa shape index (κ3) is 8.81. The number of ether oxygens (including phenoxy) is 1. The molecule has 0 aliphatic carbocycles. The van der Waals surface area contributed by atoms with E-state index in [4.69, 9.17) is 4.74 Å². The van der Waals surface area contributed by atoms with Crippen molar-refractivity contribution >= 4 is 29.8 Å². The summed E-state index contributed by atoms with van der Waals surface area (Å²) in [4.78, 5) is 15.6. The fourth-order valence-electron chi connectivity index (χ4n) is 2.72. The lowest BCUT2D eigenvalue weighted by molar-refractivity contribution is -0.102. The number of likely N-dealkylation sites (N-methyl/N-ethyl adjacent to an activating group) is 1. The van der Waals surface area contributed by atoms with Crippen LogP contribution in [0.4, 0.5) is 5.69 Å². The smallest absolute Gasteiger partial charge is 0.185 e. The molecule has 0 aromatic heterocycles. The SMILES string of the molecule is CC.CNCC(CCOC)c1ccccc1.Cc1ccc2c(c1)SNC(C=O)=N2. The third-order valence-electron chi connectivity index (χ3n) is 4.13. The lowest BCUT2D eigenvalue weighted by atomic mass is 9.96. The molecule has 0 saturated carbocycles. The predicted molar refractivity (Wildman–Crippen MR) is 124 cm³/mol. The van der Waals surface area contributed by atoms with Crippen molar-refractivity contribution in [3.05, 3.63) is 59.7 Å². The second-order valence-electron chi connectivity index (χ2n) is 6.24. The van der Waals surface area contributed by atoms with E-state index in [0.717, 1.165) is 36.4 Å². The number of nitrogens with zero attached hydrogens (tertiary/aromatic N) is 1. The van der Waals surface area contributed by atoms with Crippen molar-refractivity contribution in [2.75, 3.05) is 27.3 Å². The number of carbonyl (C=O) groups is 1. The molecule has 29 heavy (non-hydrogen) atoms. The molecule has 0 fully saturated rings. The molecule has 3 rings (SSSR count). The summed E-state index contributed by atoms with van der Waals surface area (Å²) >= 11 is 1.42. The molecule has 0 saturated heterocycles. The minimum absolute atomic E-state index is 0.376. The van der Waals surface area contributed by atoms with E-state index in [9.17, 15) is 4.79 Å². The third-order valence-corrected chi connectivity index (χ3v) is 4.98. The summed E-state index contributed by atoms with van der Waals surface area (Å²) < 4.78 is 7.96. The van der Waals surface area contributed by atoms with Crippen molar-refractivity contribution in [3.63, 3.8) is 0 Å². The Hall–Kier alpha value is -2.15. The molecule has 1 heterocycles. The highest BCUT2D eigenvalue weighted by Gasteiger charge is 2.11. The van der Waals surface area contributed by atoms with Gasteiger partial charge in [0.2, 0.25) is 0 Å². The van der Waals surface area contributed by atoms with E-state index in [0.29, 0.717) is 11.8 Å². The fourth-order valence-corrected chi connectivity index (χ4v) is 3.50. The number of aliphatic imine (C=N–C) groups is 1. The first-order valence-corrected chi connectivity index (χ1v) is 10.8. The van der Waals surface area contributed by atoms with E-state index in [1.165, 1.54) is 23.1 Å². The Bertz CT molecular complexity index is 751. The van der Waals surface area contributed by atoms with Crippen molar-refractivity contribution in [2.24, 2.45) is 4.99 Å². The van der Waals surface area contributed by atoms with E-state index < -0.39 is 0 Å². The Labute approximate surface area is 179 Å². The molecule has 0 spiro atoms. The van der Waals surface area contributed by atoms with Gasteiger partial charge in [0, 0.05) is 20.3 Å². The minimum Gasteiger partial charge on any atom is -0.385 e. The molecular formula is C23H33N3O2S. The molecule has 1 aliphatic rings. The van der Waals surface area contributed by atoms with Gasteiger partial charge in [0.1, 0.15) is 0 Å². The minimum atomic E-state index is 0.376. The molecule has 5 nitrogen and oxygen atoms in total.